The quantitative estimate of drug-likeness (QED) is 0.492. The van der Waals surface area contributed by atoms with Crippen LogP contribution in [0.5, 0.6) is 5.75 Å². The van der Waals surface area contributed by atoms with Crippen molar-refractivity contribution in [2.24, 2.45) is 5.92 Å². The van der Waals surface area contributed by atoms with Gasteiger partial charge in [0.25, 0.3) is 11.8 Å². The third kappa shape index (κ3) is 5.58. The molecule has 1 atom stereocenters. The molecular weight excluding hydrogens is 419 g/mol. The molecule has 1 unspecified atom stereocenters. The molecule has 3 aromatic carbocycles. The number of hydrogen-bond acceptors (Lipinski definition) is 3. The number of halogens is 1. The van der Waals surface area contributed by atoms with Crippen molar-refractivity contribution in [3.8, 4) is 5.75 Å². The van der Waals surface area contributed by atoms with Crippen molar-refractivity contribution < 1.29 is 19.1 Å². The fourth-order valence-electron chi connectivity index (χ4n) is 3.82. The third-order valence-corrected chi connectivity index (χ3v) is 5.43. The van der Waals surface area contributed by atoms with Gasteiger partial charge in [-0.2, -0.15) is 0 Å². The first-order valence-corrected chi connectivity index (χ1v) is 10.9. The van der Waals surface area contributed by atoms with Gasteiger partial charge in [-0.15, -0.1) is 0 Å². The van der Waals surface area contributed by atoms with Gasteiger partial charge in [-0.3, -0.25) is 9.59 Å². The van der Waals surface area contributed by atoms with Crippen LogP contribution in [-0.4, -0.2) is 28.4 Å². The largest absolute Gasteiger partial charge is 0.508 e. The van der Waals surface area contributed by atoms with E-state index in [1.54, 1.807) is 18.2 Å². The van der Waals surface area contributed by atoms with E-state index in [4.69, 9.17) is 0 Å². The monoisotopic (exact) mass is 448 g/mol. The number of phenolic OH excluding ortho intramolecular Hbond substituents is 1. The van der Waals surface area contributed by atoms with E-state index in [9.17, 15) is 19.1 Å². The topological polar surface area (TPSA) is 69.6 Å². The number of hydrogen-bond donors (Lipinski definition) is 2. The van der Waals surface area contributed by atoms with E-state index in [1.807, 2.05) is 45.9 Å². The summed E-state index contributed by atoms with van der Waals surface area (Å²) in [6, 6.07) is 16.6. The SMILES string of the molecule is Cc1cccc(C)c1NC(=O)C(c1ccc(O)cc1)N(CC(C)C)C(=O)c1ccccc1F. The Kier molecular flexibility index (Phi) is 7.48. The zero-order valence-corrected chi connectivity index (χ0v) is 19.3. The van der Waals surface area contributed by atoms with Gasteiger partial charge >= 0.3 is 0 Å². The van der Waals surface area contributed by atoms with Crippen LogP contribution in [0.2, 0.25) is 0 Å². The van der Waals surface area contributed by atoms with Crippen molar-refractivity contribution in [2.75, 3.05) is 11.9 Å². The first-order valence-electron chi connectivity index (χ1n) is 10.9. The average molecular weight is 449 g/mol. The molecule has 5 nitrogen and oxygen atoms in total. The van der Waals surface area contributed by atoms with Crippen LogP contribution in [0, 0.1) is 25.6 Å². The smallest absolute Gasteiger partial charge is 0.257 e. The Bertz CT molecular complexity index is 1120. The summed E-state index contributed by atoms with van der Waals surface area (Å²) >= 11 is 0. The molecule has 0 aliphatic heterocycles. The van der Waals surface area contributed by atoms with Crippen molar-refractivity contribution in [1.82, 2.24) is 4.90 Å². The lowest BCUT2D eigenvalue weighted by molar-refractivity contribution is -0.121. The van der Waals surface area contributed by atoms with Crippen LogP contribution in [0.1, 0.15) is 46.9 Å². The molecule has 33 heavy (non-hydrogen) atoms. The Morgan fingerprint density at radius 2 is 1.55 bits per heavy atom. The summed E-state index contributed by atoms with van der Waals surface area (Å²) in [5.41, 5.74) is 2.88. The highest BCUT2D eigenvalue weighted by atomic mass is 19.1. The van der Waals surface area contributed by atoms with E-state index in [0.717, 1.165) is 11.1 Å². The van der Waals surface area contributed by atoms with Crippen LogP contribution >= 0.6 is 0 Å². The van der Waals surface area contributed by atoms with E-state index < -0.39 is 23.7 Å². The number of para-hydroxylation sites is 1. The summed E-state index contributed by atoms with van der Waals surface area (Å²) in [5.74, 6) is -1.56. The Hall–Kier alpha value is -3.67. The summed E-state index contributed by atoms with van der Waals surface area (Å²) in [7, 11) is 0. The molecule has 6 heteroatoms. The molecule has 3 aromatic rings. The van der Waals surface area contributed by atoms with Gasteiger partial charge < -0.3 is 15.3 Å². The molecule has 0 bridgehead atoms. The Labute approximate surface area is 193 Å². The highest BCUT2D eigenvalue weighted by molar-refractivity contribution is 6.02. The van der Waals surface area contributed by atoms with Crippen LogP contribution in [-0.2, 0) is 4.79 Å². The molecule has 0 aliphatic carbocycles. The lowest BCUT2D eigenvalue weighted by Crippen LogP contribution is -2.43. The molecule has 172 valence electrons. The molecular formula is C27H29FN2O3. The van der Waals surface area contributed by atoms with Crippen LogP contribution in [0.3, 0.4) is 0 Å². The van der Waals surface area contributed by atoms with Gasteiger partial charge in [0.1, 0.15) is 17.6 Å². The minimum atomic E-state index is -1.03. The Balaban J connectivity index is 2.10. The molecule has 2 amide bonds. The van der Waals surface area contributed by atoms with E-state index in [0.29, 0.717) is 11.3 Å². The predicted molar refractivity (Wildman–Crippen MR) is 128 cm³/mol. The van der Waals surface area contributed by atoms with Gasteiger partial charge in [-0.1, -0.05) is 56.3 Å². The van der Waals surface area contributed by atoms with Crippen LogP contribution in [0.25, 0.3) is 0 Å². The zero-order chi connectivity index (χ0) is 24.1. The molecule has 0 saturated heterocycles. The zero-order valence-electron chi connectivity index (χ0n) is 19.3. The minimum absolute atomic E-state index is 0.0216. The lowest BCUT2D eigenvalue weighted by Gasteiger charge is -2.33. The fourth-order valence-corrected chi connectivity index (χ4v) is 3.82. The van der Waals surface area contributed by atoms with Gasteiger partial charge in [-0.05, 0) is 60.7 Å². The second-order valence-electron chi connectivity index (χ2n) is 8.58. The van der Waals surface area contributed by atoms with E-state index in [2.05, 4.69) is 5.32 Å². The number of nitrogens with zero attached hydrogens (tertiary/aromatic N) is 1. The van der Waals surface area contributed by atoms with Crippen LogP contribution in [0.15, 0.2) is 66.7 Å². The first kappa shape index (κ1) is 24.0. The number of anilines is 1. The number of rotatable bonds is 7. The van der Waals surface area contributed by atoms with Gasteiger partial charge in [0.05, 0.1) is 5.56 Å². The molecule has 0 saturated carbocycles. The van der Waals surface area contributed by atoms with Gasteiger partial charge in [-0.25, -0.2) is 4.39 Å². The van der Waals surface area contributed by atoms with E-state index in [-0.39, 0.29) is 23.8 Å². The summed E-state index contributed by atoms with van der Waals surface area (Å²) in [6.45, 7) is 7.89. The standard InChI is InChI=1S/C27H29FN2O3/c1-17(2)16-30(27(33)22-10-5-6-11-23(22)28)25(20-12-14-21(31)15-13-20)26(32)29-24-18(3)8-7-9-19(24)4/h5-15,17,25,31H,16H2,1-4H3,(H,29,32). The molecule has 0 heterocycles. The molecule has 2 N–H and O–H groups in total. The summed E-state index contributed by atoms with van der Waals surface area (Å²) < 4.78 is 14.5. The maximum absolute atomic E-state index is 14.5. The van der Waals surface area contributed by atoms with Gasteiger partial charge in [0, 0.05) is 12.2 Å². The number of benzene rings is 3. The fraction of sp³-hybridized carbons (Fsp3) is 0.259. The van der Waals surface area contributed by atoms with Gasteiger partial charge in [0.2, 0.25) is 0 Å². The van der Waals surface area contributed by atoms with Crippen molar-refractivity contribution in [3.63, 3.8) is 0 Å². The minimum Gasteiger partial charge on any atom is -0.508 e. The van der Waals surface area contributed by atoms with Crippen molar-refractivity contribution in [2.45, 2.75) is 33.7 Å². The molecule has 0 fully saturated rings. The van der Waals surface area contributed by atoms with Crippen molar-refractivity contribution in [1.29, 1.82) is 0 Å². The Morgan fingerprint density at radius 3 is 2.12 bits per heavy atom. The lowest BCUT2D eigenvalue weighted by atomic mass is 10.00. The third-order valence-electron chi connectivity index (χ3n) is 5.43. The molecule has 3 rings (SSSR count). The van der Waals surface area contributed by atoms with Crippen LogP contribution < -0.4 is 5.32 Å². The normalized spacial score (nSPS) is 11.8. The summed E-state index contributed by atoms with van der Waals surface area (Å²) in [4.78, 5) is 28.6. The maximum atomic E-state index is 14.5. The van der Waals surface area contributed by atoms with Gasteiger partial charge in [0.15, 0.2) is 0 Å². The number of nitrogens with one attached hydrogen (secondary N) is 1. The number of carbonyl (C=O) groups excluding carboxylic acids is 2. The summed E-state index contributed by atoms with van der Waals surface area (Å²) in [6.07, 6.45) is 0. The second kappa shape index (κ2) is 10.3. The number of carbonyl (C=O) groups is 2. The molecule has 0 aliphatic rings. The molecule has 0 aromatic heterocycles. The van der Waals surface area contributed by atoms with Crippen LogP contribution in [0.4, 0.5) is 10.1 Å². The second-order valence-corrected chi connectivity index (χ2v) is 8.58. The van der Waals surface area contributed by atoms with E-state index >= 15 is 0 Å². The maximum Gasteiger partial charge on any atom is 0.257 e. The summed E-state index contributed by atoms with van der Waals surface area (Å²) in [5, 5.41) is 12.7. The molecule has 0 spiro atoms. The predicted octanol–water partition coefficient (Wildman–Crippen LogP) is 5.63. The van der Waals surface area contributed by atoms with Crippen molar-refractivity contribution in [3.05, 3.63) is 94.8 Å². The highest BCUT2D eigenvalue weighted by Crippen LogP contribution is 2.29. The number of phenols is 1. The molecule has 0 radical (unpaired) electrons. The highest BCUT2D eigenvalue weighted by Gasteiger charge is 2.34. The number of aryl methyl sites for hydroxylation is 2. The van der Waals surface area contributed by atoms with E-state index in [1.165, 1.54) is 35.2 Å². The Morgan fingerprint density at radius 1 is 0.939 bits per heavy atom. The average Bonchev–Trinajstić information content (AvgIpc) is 2.77. The number of aromatic hydroxyl groups is 1. The number of amides is 2. The first-order chi connectivity index (χ1) is 15.7. The van der Waals surface area contributed by atoms with Crippen molar-refractivity contribution >= 4 is 17.5 Å².